The maximum absolute atomic E-state index is 14.2. The Labute approximate surface area is 125 Å². The summed E-state index contributed by atoms with van der Waals surface area (Å²) in [6.45, 7) is 0. The van der Waals surface area contributed by atoms with Gasteiger partial charge in [0.05, 0.1) is 12.4 Å². The van der Waals surface area contributed by atoms with E-state index in [1.54, 1.807) is 42.5 Å². The van der Waals surface area contributed by atoms with Crippen LogP contribution in [-0.4, -0.2) is 4.98 Å². The second-order valence-electron chi connectivity index (χ2n) is 4.45. The highest BCUT2D eigenvalue weighted by Crippen LogP contribution is 2.34. The molecular weight excluding hydrogens is 292 g/mol. The predicted molar refractivity (Wildman–Crippen MR) is 78.9 cm³/mol. The van der Waals surface area contributed by atoms with Crippen molar-refractivity contribution in [2.75, 3.05) is 0 Å². The fourth-order valence-corrected chi connectivity index (χ4v) is 2.28. The van der Waals surface area contributed by atoms with Gasteiger partial charge in [-0.2, -0.15) is 0 Å². The van der Waals surface area contributed by atoms with E-state index in [-0.39, 0.29) is 16.7 Å². The third kappa shape index (κ3) is 2.65. The fraction of sp³-hybridized carbons (Fsp3) is 0. The van der Waals surface area contributed by atoms with Crippen LogP contribution in [0.25, 0.3) is 22.3 Å². The van der Waals surface area contributed by atoms with Gasteiger partial charge in [-0.1, -0.05) is 41.9 Å². The maximum atomic E-state index is 14.2. The lowest BCUT2D eigenvalue weighted by Gasteiger charge is -2.11. The molecule has 0 spiro atoms. The number of nitrogens with zero attached hydrogens (tertiary/aromatic N) is 1. The predicted octanol–water partition coefficient (Wildman–Crippen LogP) is 5.15. The summed E-state index contributed by atoms with van der Waals surface area (Å²) in [6, 6.07) is 12.8. The number of aromatic nitrogens is 1. The SMILES string of the molecule is Fc1ccccc1-c1[c]ncc(F)c1-c1ccc(Cl)cc1. The molecule has 1 heterocycles. The number of pyridine rings is 1. The van der Waals surface area contributed by atoms with E-state index in [4.69, 9.17) is 11.6 Å². The molecule has 0 amide bonds. The molecule has 0 N–H and O–H groups in total. The molecule has 0 aliphatic carbocycles. The van der Waals surface area contributed by atoms with Gasteiger partial charge in [-0.3, -0.25) is 4.98 Å². The normalized spacial score (nSPS) is 10.6. The van der Waals surface area contributed by atoms with E-state index in [0.717, 1.165) is 6.20 Å². The summed E-state index contributed by atoms with van der Waals surface area (Å²) in [6.07, 6.45) is 3.75. The summed E-state index contributed by atoms with van der Waals surface area (Å²) in [4.78, 5) is 3.71. The molecule has 0 aliphatic rings. The Morgan fingerprint density at radius 1 is 0.905 bits per heavy atom. The highest BCUT2D eigenvalue weighted by Gasteiger charge is 2.16. The zero-order chi connectivity index (χ0) is 14.8. The van der Waals surface area contributed by atoms with Gasteiger partial charge in [0.25, 0.3) is 0 Å². The van der Waals surface area contributed by atoms with Crippen LogP contribution < -0.4 is 0 Å². The monoisotopic (exact) mass is 300 g/mol. The fourth-order valence-electron chi connectivity index (χ4n) is 2.15. The summed E-state index contributed by atoms with van der Waals surface area (Å²) < 4.78 is 28.2. The van der Waals surface area contributed by atoms with Crippen molar-refractivity contribution in [1.82, 2.24) is 4.98 Å². The molecule has 1 aromatic heterocycles. The smallest absolute Gasteiger partial charge is 0.149 e. The van der Waals surface area contributed by atoms with Gasteiger partial charge < -0.3 is 0 Å². The van der Waals surface area contributed by atoms with Crippen molar-refractivity contribution >= 4 is 11.6 Å². The highest BCUT2D eigenvalue weighted by atomic mass is 35.5. The van der Waals surface area contributed by atoms with E-state index in [0.29, 0.717) is 10.6 Å². The second kappa shape index (κ2) is 5.62. The van der Waals surface area contributed by atoms with Crippen molar-refractivity contribution in [3.63, 3.8) is 0 Å². The van der Waals surface area contributed by atoms with Crippen LogP contribution in [0.1, 0.15) is 0 Å². The van der Waals surface area contributed by atoms with Crippen molar-refractivity contribution < 1.29 is 8.78 Å². The van der Waals surface area contributed by atoms with Crippen molar-refractivity contribution in [3.8, 4) is 22.3 Å². The standard InChI is InChI=1S/C17H9ClF2N/c18-12-7-5-11(6-8-12)17-14(9-21-10-16(17)20)13-3-1-2-4-15(13)19/h1-8,10H. The molecule has 1 radical (unpaired) electrons. The minimum absolute atomic E-state index is 0.256. The van der Waals surface area contributed by atoms with E-state index in [2.05, 4.69) is 11.2 Å². The average molecular weight is 301 g/mol. The molecule has 0 bridgehead atoms. The quantitative estimate of drug-likeness (QED) is 0.638. The number of hydrogen-bond acceptors (Lipinski definition) is 1. The molecule has 3 aromatic rings. The van der Waals surface area contributed by atoms with Gasteiger partial charge in [0.1, 0.15) is 11.6 Å². The van der Waals surface area contributed by atoms with Gasteiger partial charge >= 0.3 is 0 Å². The molecule has 0 unspecified atom stereocenters. The molecule has 3 rings (SSSR count). The summed E-state index contributed by atoms with van der Waals surface area (Å²) in [7, 11) is 0. The highest BCUT2D eigenvalue weighted by molar-refractivity contribution is 6.30. The topological polar surface area (TPSA) is 12.9 Å². The van der Waals surface area contributed by atoms with Crippen LogP contribution in [0, 0.1) is 17.8 Å². The summed E-state index contributed by atoms with van der Waals surface area (Å²) in [5.41, 5.74) is 1.39. The van der Waals surface area contributed by atoms with Crippen LogP contribution in [-0.2, 0) is 0 Å². The largest absolute Gasteiger partial charge is 0.251 e. The Hall–Kier alpha value is -2.26. The first-order valence-electron chi connectivity index (χ1n) is 6.24. The Morgan fingerprint density at radius 2 is 1.62 bits per heavy atom. The Balaban J connectivity index is 2.26. The van der Waals surface area contributed by atoms with Gasteiger partial charge in [-0.05, 0) is 23.8 Å². The van der Waals surface area contributed by atoms with Crippen LogP contribution in [0.4, 0.5) is 8.78 Å². The number of hydrogen-bond donors (Lipinski definition) is 0. The van der Waals surface area contributed by atoms with E-state index in [1.165, 1.54) is 6.07 Å². The molecule has 0 saturated heterocycles. The third-order valence-corrected chi connectivity index (χ3v) is 3.37. The first-order valence-corrected chi connectivity index (χ1v) is 6.61. The van der Waals surface area contributed by atoms with Crippen LogP contribution in [0.15, 0.2) is 54.7 Å². The van der Waals surface area contributed by atoms with Crippen LogP contribution in [0.3, 0.4) is 0 Å². The Kier molecular flexibility index (Phi) is 3.67. The third-order valence-electron chi connectivity index (χ3n) is 3.12. The molecule has 0 saturated carbocycles. The summed E-state index contributed by atoms with van der Waals surface area (Å²) in [5, 5.41) is 0.546. The lowest BCUT2D eigenvalue weighted by atomic mass is 9.96. The van der Waals surface area contributed by atoms with Gasteiger partial charge in [-0.15, -0.1) is 0 Å². The van der Waals surface area contributed by atoms with Crippen LogP contribution >= 0.6 is 11.6 Å². The van der Waals surface area contributed by atoms with Crippen LogP contribution in [0.2, 0.25) is 5.02 Å². The zero-order valence-corrected chi connectivity index (χ0v) is 11.5. The van der Waals surface area contributed by atoms with Gasteiger partial charge in [0.2, 0.25) is 0 Å². The minimum atomic E-state index is -0.533. The molecule has 21 heavy (non-hydrogen) atoms. The lowest BCUT2D eigenvalue weighted by molar-refractivity contribution is 0.622. The minimum Gasteiger partial charge on any atom is -0.251 e. The summed E-state index contributed by atoms with van der Waals surface area (Å²) in [5.74, 6) is -0.981. The second-order valence-corrected chi connectivity index (χ2v) is 4.89. The van der Waals surface area contributed by atoms with Crippen molar-refractivity contribution in [1.29, 1.82) is 0 Å². The van der Waals surface area contributed by atoms with E-state index < -0.39 is 11.6 Å². The average Bonchev–Trinajstić information content (AvgIpc) is 2.49. The molecule has 0 atom stereocenters. The molecule has 2 aromatic carbocycles. The maximum Gasteiger partial charge on any atom is 0.149 e. The Bertz CT molecular complexity index is 785. The zero-order valence-electron chi connectivity index (χ0n) is 10.8. The van der Waals surface area contributed by atoms with E-state index in [1.807, 2.05) is 0 Å². The van der Waals surface area contributed by atoms with E-state index >= 15 is 0 Å². The van der Waals surface area contributed by atoms with Gasteiger partial charge in [0.15, 0.2) is 0 Å². The molecule has 1 nitrogen and oxygen atoms in total. The van der Waals surface area contributed by atoms with Gasteiger partial charge in [0, 0.05) is 21.7 Å². The van der Waals surface area contributed by atoms with Crippen molar-refractivity contribution in [3.05, 3.63) is 77.6 Å². The molecule has 4 heteroatoms. The van der Waals surface area contributed by atoms with Crippen LogP contribution in [0.5, 0.6) is 0 Å². The van der Waals surface area contributed by atoms with Crippen molar-refractivity contribution in [2.45, 2.75) is 0 Å². The summed E-state index contributed by atoms with van der Waals surface area (Å²) >= 11 is 5.85. The lowest BCUT2D eigenvalue weighted by Crippen LogP contribution is -1.94. The van der Waals surface area contributed by atoms with Gasteiger partial charge in [-0.25, -0.2) is 8.78 Å². The molecule has 0 aliphatic heterocycles. The first kappa shape index (κ1) is 13.7. The molecule has 103 valence electrons. The molecular formula is C17H9ClF2N. The number of rotatable bonds is 2. The first-order chi connectivity index (χ1) is 10.2. The van der Waals surface area contributed by atoms with E-state index in [9.17, 15) is 8.78 Å². The molecule has 0 fully saturated rings. The van der Waals surface area contributed by atoms with Crippen molar-refractivity contribution in [2.24, 2.45) is 0 Å². The number of benzene rings is 2. The number of halogens is 3. The Morgan fingerprint density at radius 3 is 2.33 bits per heavy atom.